The van der Waals surface area contributed by atoms with Crippen molar-refractivity contribution < 1.29 is 9.94 Å². The molecule has 0 saturated carbocycles. The predicted octanol–water partition coefficient (Wildman–Crippen LogP) is 4.80. The van der Waals surface area contributed by atoms with Gasteiger partial charge in [0, 0.05) is 10.6 Å². The number of nitrogens with zero attached hydrogens (tertiary/aromatic N) is 1. The summed E-state index contributed by atoms with van der Waals surface area (Å²) in [5, 5.41) is 12.7. The van der Waals surface area contributed by atoms with Crippen molar-refractivity contribution in [1.82, 2.24) is 0 Å². The minimum Gasteiger partial charge on any atom is -0.455 e. The van der Waals surface area contributed by atoms with E-state index in [2.05, 4.69) is 5.16 Å². The minimum absolute atomic E-state index is 0.570. The number of hydrogen-bond donors (Lipinski definition) is 1. The standard InChI is InChI=1S/C14H10ClNO2S/c1-8(16-17)9-2-4-11-13(6-9)19-14-7-10(15)3-5-12(14)18-11/h2-7,17H,1H3. The molecule has 1 heterocycles. The van der Waals surface area contributed by atoms with Crippen molar-refractivity contribution in [2.24, 2.45) is 5.16 Å². The van der Waals surface area contributed by atoms with Crippen LogP contribution in [0.1, 0.15) is 12.5 Å². The van der Waals surface area contributed by atoms with Crippen LogP contribution >= 0.6 is 23.4 Å². The highest BCUT2D eigenvalue weighted by Gasteiger charge is 2.18. The lowest BCUT2D eigenvalue weighted by molar-refractivity contribution is 0.319. The molecule has 0 saturated heterocycles. The van der Waals surface area contributed by atoms with Crippen LogP contribution in [0.25, 0.3) is 0 Å². The van der Waals surface area contributed by atoms with Crippen molar-refractivity contribution in [3.05, 3.63) is 47.0 Å². The van der Waals surface area contributed by atoms with Crippen LogP contribution in [0.3, 0.4) is 0 Å². The second-order valence-corrected chi connectivity index (χ2v) is 5.66. The van der Waals surface area contributed by atoms with Gasteiger partial charge in [0.15, 0.2) is 0 Å². The van der Waals surface area contributed by atoms with Crippen LogP contribution in [0.15, 0.2) is 51.3 Å². The topological polar surface area (TPSA) is 41.8 Å². The number of benzene rings is 2. The normalized spacial score (nSPS) is 13.5. The van der Waals surface area contributed by atoms with Crippen LogP contribution < -0.4 is 4.74 Å². The first-order valence-corrected chi connectivity index (χ1v) is 6.85. The zero-order valence-electron chi connectivity index (χ0n) is 10.1. The molecule has 0 aromatic heterocycles. The Balaban J connectivity index is 2.03. The maximum absolute atomic E-state index is 8.82. The molecule has 3 rings (SSSR count). The van der Waals surface area contributed by atoms with Gasteiger partial charge in [-0.15, -0.1) is 0 Å². The molecular weight excluding hydrogens is 282 g/mol. The molecule has 0 bridgehead atoms. The fourth-order valence-corrected chi connectivity index (χ4v) is 3.10. The summed E-state index contributed by atoms with van der Waals surface area (Å²) >= 11 is 7.58. The Morgan fingerprint density at radius 3 is 2.58 bits per heavy atom. The number of halogens is 1. The summed E-state index contributed by atoms with van der Waals surface area (Å²) in [7, 11) is 0. The van der Waals surface area contributed by atoms with E-state index in [1.807, 2.05) is 36.4 Å². The van der Waals surface area contributed by atoms with Gasteiger partial charge in [-0.2, -0.15) is 0 Å². The van der Waals surface area contributed by atoms with E-state index in [-0.39, 0.29) is 0 Å². The van der Waals surface area contributed by atoms with Crippen molar-refractivity contribution >= 4 is 29.1 Å². The van der Waals surface area contributed by atoms with E-state index in [1.165, 1.54) is 0 Å². The summed E-state index contributed by atoms with van der Waals surface area (Å²) < 4.78 is 5.82. The lowest BCUT2D eigenvalue weighted by Crippen LogP contribution is -1.99. The molecular formula is C14H10ClNO2S. The van der Waals surface area contributed by atoms with Gasteiger partial charge in [-0.3, -0.25) is 0 Å². The predicted molar refractivity (Wildman–Crippen MR) is 76.1 cm³/mol. The van der Waals surface area contributed by atoms with Crippen LogP contribution in [0.4, 0.5) is 0 Å². The zero-order valence-corrected chi connectivity index (χ0v) is 11.6. The Labute approximate surface area is 119 Å². The van der Waals surface area contributed by atoms with Crippen molar-refractivity contribution in [1.29, 1.82) is 0 Å². The zero-order chi connectivity index (χ0) is 13.4. The van der Waals surface area contributed by atoms with Crippen LogP contribution in [-0.4, -0.2) is 10.9 Å². The summed E-state index contributed by atoms with van der Waals surface area (Å²) in [6.45, 7) is 1.75. The van der Waals surface area contributed by atoms with E-state index < -0.39 is 0 Å². The van der Waals surface area contributed by atoms with E-state index in [9.17, 15) is 0 Å². The molecule has 1 aliphatic rings. The Bertz CT molecular complexity index is 685. The van der Waals surface area contributed by atoms with Crippen LogP contribution in [0.2, 0.25) is 5.02 Å². The highest BCUT2D eigenvalue weighted by Crippen LogP contribution is 2.47. The Kier molecular flexibility index (Phi) is 3.12. The number of ether oxygens (including phenoxy) is 1. The molecule has 0 aliphatic carbocycles. The van der Waals surface area contributed by atoms with Gasteiger partial charge >= 0.3 is 0 Å². The molecule has 0 atom stereocenters. The third-order valence-electron chi connectivity index (χ3n) is 2.86. The quantitative estimate of drug-likeness (QED) is 0.398. The minimum atomic E-state index is 0.570. The number of rotatable bonds is 1. The molecule has 0 unspecified atom stereocenters. The molecule has 0 fully saturated rings. The Morgan fingerprint density at radius 1 is 1.16 bits per heavy atom. The average Bonchev–Trinajstić information content (AvgIpc) is 2.43. The maximum atomic E-state index is 8.82. The van der Waals surface area contributed by atoms with Crippen LogP contribution in [0.5, 0.6) is 11.5 Å². The molecule has 2 aromatic carbocycles. The maximum Gasteiger partial charge on any atom is 0.141 e. The first-order chi connectivity index (χ1) is 9.17. The molecule has 2 aromatic rings. The molecule has 96 valence electrons. The third kappa shape index (κ3) is 2.29. The summed E-state index contributed by atoms with van der Waals surface area (Å²) in [6.07, 6.45) is 0. The fourth-order valence-electron chi connectivity index (χ4n) is 1.84. The molecule has 3 nitrogen and oxygen atoms in total. The highest BCUT2D eigenvalue weighted by molar-refractivity contribution is 7.99. The molecule has 0 spiro atoms. The molecule has 5 heteroatoms. The summed E-state index contributed by atoms with van der Waals surface area (Å²) in [5.41, 5.74) is 1.43. The van der Waals surface area contributed by atoms with E-state index in [0.29, 0.717) is 10.7 Å². The van der Waals surface area contributed by atoms with E-state index >= 15 is 0 Å². The lowest BCUT2D eigenvalue weighted by Gasteiger charge is -2.20. The van der Waals surface area contributed by atoms with Gasteiger partial charge in [0.1, 0.15) is 11.5 Å². The second-order valence-electron chi connectivity index (χ2n) is 4.14. The molecule has 19 heavy (non-hydrogen) atoms. The summed E-state index contributed by atoms with van der Waals surface area (Å²) in [6, 6.07) is 11.2. The first-order valence-electron chi connectivity index (χ1n) is 5.66. The van der Waals surface area contributed by atoms with Crippen molar-refractivity contribution in [2.45, 2.75) is 16.7 Å². The average molecular weight is 292 g/mol. The Morgan fingerprint density at radius 2 is 1.84 bits per heavy atom. The lowest BCUT2D eigenvalue weighted by atomic mass is 10.1. The van der Waals surface area contributed by atoms with Crippen LogP contribution in [-0.2, 0) is 0 Å². The van der Waals surface area contributed by atoms with E-state index in [4.69, 9.17) is 21.5 Å². The number of fused-ring (bicyclic) bond motifs is 2. The smallest absolute Gasteiger partial charge is 0.141 e. The summed E-state index contributed by atoms with van der Waals surface area (Å²) in [5.74, 6) is 1.61. The van der Waals surface area contributed by atoms with E-state index in [0.717, 1.165) is 26.9 Å². The van der Waals surface area contributed by atoms with Gasteiger partial charge in [0.25, 0.3) is 0 Å². The molecule has 0 radical (unpaired) electrons. The van der Waals surface area contributed by atoms with Gasteiger partial charge < -0.3 is 9.94 Å². The SMILES string of the molecule is CC(=NO)c1ccc2c(c1)Sc1cc(Cl)ccc1O2. The van der Waals surface area contributed by atoms with Crippen molar-refractivity contribution in [3.8, 4) is 11.5 Å². The highest BCUT2D eigenvalue weighted by atomic mass is 35.5. The third-order valence-corrected chi connectivity index (χ3v) is 4.17. The van der Waals surface area contributed by atoms with Crippen molar-refractivity contribution in [3.63, 3.8) is 0 Å². The number of oxime groups is 1. The molecule has 1 aliphatic heterocycles. The van der Waals surface area contributed by atoms with Gasteiger partial charge in [-0.05, 0) is 43.3 Å². The van der Waals surface area contributed by atoms with Gasteiger partial charge in [-0.1, -0.05) is 28.5 Å². The van der Waals surface area contributed by atoms with Gasteiger partial charge in [0.05, 0.1) is 15.5 Å². The molecule has 0 amide bonds. The van der Waals surface area contributed by atoms with E-state index in [1.54, 1.807) is 18.7 Å². The van der Waals surface area contributed by atoms with Gasteiger partial charge in [-0.25, -0.2) is 0 Å². The summed E-state index contributed by atoms with van der Waals surface area (Å²) in [4.78, 5) is 1.96. The first kappa shape index (κ1) is 12.4. The largest absolute Gasteiger partial charge is 0.455 e. The Hall–Kier alpha value is -1.65. The number of hydrogen-bond acceptors (Lipinski definition) is 4. The van der Waals surface area contributed by atoms with Crippen LogP contribution in [0, 0.1) is 0 Å². The monoisotopic (exact) mass is 291 g/mol. The van der Waals surface area contributed by atoms with Crippen molar-refractivity contribution in [2.75, 3.05) is 0 Å². The second kappa shape index (κ2) is 4.79. The fraction of sp³-hybridized carbons (Fsp3) is 0.0714. The molecule has 1 N–H and O–H groups in total. The van der Waals surface area contributed by atoms with Gasteiger partial charge in [0.2, 0.25) is 0 Å².